The minimum atomic E-state index is -0.170. The van der Waals surface area contributed by atoms with Crippen LogP contribution in [0.25, 0.3) is 0 Å². The van der Waals surface area contributed by atoms with Gasteiger partial charge in [-0.15, -0.1) is 0 Å². The SMILES string of the molecule is CCNc1ncnc(NCC2CCCCC2O)c1C. The smallest absolute Gasteiger partial charge is 0.134 e. The lowest BCUT2D eigenvalue weighted by atomic mass is 9.86. The van der Waals surface area contributed by atoms with E-state index in [1.165, 1.54) is 6.42 Å². The molecule has 19 heavy (non-hydrogen) atoms. The zero-order valence-corrected chi connectivity index (χ0v) is 11.8. The van der Waals surface area contributed by atoms with Gasteiger partial charge in [-0.1, -0.05) is 12.8 Å². The molecule has 1 fully saturated rings. The second-order valence-corrected chi connectivity index (χ2v) is 5.22. The van der Waals surface area contributed by atoms with Gasteiger partial charge in [-0.2, -0.15) is 0 Å². The fourth-order valence-electron chi connectivity index (χ4n) is 2.63. The number of rotatable bonds is 5. The molecule has 0 aliphatic heterocycles. The van der Waals surface area contributed by atoms with Crippen LogP contribution in [-0.4, -0.2) is 34.3 Å². The van der Waals surface area contributed by atoms with Crippen molar-refractivity contribution in [2.45, 2.75) is 45.6 Å². The molecule has 106 valence electrons. The van der Waals surface area contributed by atoms with Crippen LogP contribution < -0.4 is 10.6 Å². The number of aliphatic hydroxyl groups excluding tert-OH is 1. The Labute approximate surface area is 114 Å². The lowest BCUT2D eigenvalue weighted by molar-refractivity contribution is 0.0763. The average Bonchev–Trinajstić information content (AvgIpc) is 2.42. The van der Waals surface area contributed by atoms with Gasteiger partial charge in [-0.3, -0.25) is 0 Å². The van der Waals surface area contributed by atoms with Crippen LogP contribution in [0.1, 0.15) is 38.2 Å². The van der Waals surface area contributed by atoms with E-state index in [-0.39, 0.29) is 6.10 Å². The summed E-state index contributed by atoms with van der Waals surface area (Å²) in [5.41, 5.74) is 1.04. The highest BCUT2D eigenvalue weighted by molar-refractivity contribution is 5.56. The van der Waals surface area contributed by atoms with Gasteiger partial charge >= 0.3 is 0 Å². The van der Waals surface area contributed by atoms with E-state index in [1.807, 2.05) is 13.8 Å². The first kappa shape index (κ1) is 14.1. The first-order valence-electron chi connectivity index (χ1n) is 7.19. The first-order valence-corrected chi connectivity index (χ1v) is 7.19. The molecule has 5 nitrogen and oxygen atoms in total. The third-order valence-electron chi connectivity index (χ3n) is 3.83. The molecule has 3 N–H and O–H groups in total. The molecule has 1 aromatic heterocycles. The van der Waals surface area contributed by atoms with E-state index in [0.29, 0.717) is 5.92 Å². The maximum absolute atomic E-state index is 9.97. The summed E-state index contributed by atoms with van der Waals surface area (Å²) in [6.07, 6.45) is 5.79. The van der Waals surface area contributed by atoms with Crippen molar-refractivity contribution in [1.29, 1.82) is 0 Å². The molecule has 1 aliphatic carbocycles. The van der Waals surface area contributed by atoms with E-state index in [2.05, 4.69) is 20.6 Å². The Kier molecular flexibility index (Phi) is 4.96. The molecule has 0 saturated heterocycles. The zero-order valence-electron chi connectivity index (χ0n) is 11.8. The summed E-state index contributed by atoms with van der Waals surface area (Å²) in [4.78, 5) is 8.51. The number of nitrogens with one attached hydrogen (secondary N) is 2. The summed E-state index contributed by atoms with van der Waals surface area (Å²) in [5.74, 6) is 2.08. The number of nitrogens with zero attached hydrogens (tertiary/aromatic N) is 2. The van der Waals surface area contributed by atoms with Crippen molar-refractivity contribution in [1.82, 2.24) is 9.97 Å². The predicted molar refractivity (Wildman–Crippen MR) is 77.4 cm³/mol. The minimum absolute atomic E-state index is 0.170. The Balaban J connectivity index is 1.97. The Morgan fingerprint density at radius 2 is 1.89 bits per heavy atom. The van der Waals surface area contributed by atoms with Crippen LogP contribution in [0.4, 0.5) is 11.6 Å². The summed E-state index contributed by atoms with van der Waals surface area (Å²) in [6, 6.07) is 0. The Morgan fingerprint density at radius 3 is 2.58 bits per heavy atom. The maximum atomic E-state index is 9.97. The van der Waals surface area contributed by atoms with Gasteiger partial charge in [0.15, 0.2) is 0 Å². The second kappa shape index (κ2) is 6.70. The Morgan fingerprint density at radius 1 is 1.21 bits per heavy atom. The van der Waals surface area contributed by atoms with Crippen LogP contribution >= 0.6 is 0 Å². The summed E-state index contributed by atoms with van der Waals surface area (Å²) < 4.78 is 0. The van der Waals surface area contributed by atoms with E-state index in [0.717, 1.165) is 49.6 Å². The van der Waals surface area contributed by atoms with Crippen LogP contribution in [0.5, 0.6) is 0 Å². The van der Waals surface area contributed by atoms with Crippen LogP contribution in [0.2, 0.25) is 0 Å². The summed E-state index contributed by atoms with van der Waals surface area (Å²) in [5, 5.41) is 16.6. The number of anilines is 2. The fraction of sp³-hybridized carbons (Fsp3) is 0.714. The summed E-state index contributed by atoms with van der Waals surface area (Å²) >= 11 is 0. The number of hydrogen-bond acceptors (Lipinski definition) is 5. The van der Waals surface area contributed by atoms with Crippen LogP contribution in [0, 0.1) is 12.8 Å². The summed E-state index contributed by atoms with van der Waals surface area (Å²) in [7, 11) is 0. The van der Waals surface area contributed by atoms with Crippen molar-refractivity contribution in [2.75, 3.05) is 23.7 Å². The molecule has 0 aromatic carbocycles. The minimum Gasteiger partial charge on any atom is -0.393 e. The van der Waals surface area contributed by atoms with Crippen molar-refractivity contribution < 1.29 is 5.11 Å². The second-order valence-electron chi connectivity index (χ2n) is 5.22. The van der Waals surface area contributed by atoms with Gasteiger partial charge in [0.25, 0.3) is 0 Å². The molecule has 5 heteroatoms. The average molecular weight is 264 g/mol. The van der Waals surface area contributed by atoms with E-state index in [4.69, 9.17) is 0 Å². The molecular formula is C14H24N4O. The van der Waals surface area contributed by atoms with E-state index in [1.54, 1.807) is 6.33 Å². The third kappa shape index (κ3) is 3.56. The Bertz CT molecular complexity index is 410. The standard InChI is InChI=1S/C14H24N4O/c1-3-15-13-10(2)14(18-9-17-13)16-8-11-6-4-5-7-12(11)19/h9,11-12,19H,3-8H2,1-2H3,(H2,15,16,17,18). The largest absolute Gasteiger partial charge is 0.393 e. The van der Waals surface area contributed by atoms with Crippen molar-refractivity contribution in [2.24, 2.45) is 5.92 Å². The molecule has 0 bridgehead atoms. The molecule has 1 aromatic rings. The highest BCUT2D eigenvalue weighted by atomic mass is 16.3. The highest BCUT2D eigenvalue weighted by Crippen LogP contribution is 2.25. The van der Waals surface area contributed by atoms with Gasteiger partial charge < -0.3 is 15.7 Å². The van der Waals surface area contributed by atoms with Gasteiger partial charge in [-0.25, -0.2) is 9.97 Å². The molecule has 2 unspecified atom stereocenters. The summed E-state index contributed by atoms with van der Waals surface area (Å²) in [6.45, 7) is 5.69. The molecular weight excluding hydrogens is 240 g/mol. The van der Waals surface area contributed by atoms with E-state index < -0.39 is 0 Å². The monoisotopic (exact) mass is 264 g/mol. The molecule has 0 amide bonds. The molecule has 2 rings (SSSR count). The van der Waals surface area contributed by atoms with Gasteiger partial charge in [0, 0.05) is 24.6 Å². The first-order chi connectivity index (χ1) is 9.22. The molecule has 1 aliphatic rings. The van der Waals surface area contributed by atoms with Crippen molar-refractivity contribution in [3.63, 3.8) is 0 Å². The van der Waals surface area contributed by atoms with Gasteiger partial charge in [0.05, 0.1) is 6.10 Å². The quantitative estimate of drug-likeness (QED) is 0.760. The van der Waals surface area contributed by atoms with Crippen LogP contribution in [0.3, 0.4) is 0 Å². The molecule has 0 radical (unpaired) electrons. The molecule has 1 heterocycles. The predicted octanol–water partition coefficient (Wildman–Crippen LogP) is 2.18. The van der Waals surface area contributed by atoms with Gasteiger partial charge in [-0.05, 0) is 26.7 Å². The van der Waals surface area contributed by atoms with Crippen molar-refractivity contribution in [3.8, 4) is 0 Å². The van der Waals surface area contributed by atoms with Crippen molar-refractivity contribution in [3.05, 3.63) is 11.9 Å². The van der Waals surface area contributed by atoms with E-state index >= 15 is 0 Å². The number of aliphatic hydroxyl groups is 1. The zero-order chi connectivity index (χ0) is 13.7. The highest BCUT2D eigenvalue weighted by Gasteiger charge is 2.23. The lowest BCUT2D eigenvalue weighted by Gasteiger charge is -2.28. The maximum Gasteiger partial charge on any atom is 0.134 e. The van der Waals surface area contributed by atoms with Crippen LogP contribution in [-0.2, 0) is 0 Å². The molecule has 1 saturated carbocycles. The number of hydrogen-bond donors (Lipinski definition) is 3. The topological polar surface area (TPSA) is 70.1 Å². The molecule has 0 spiro atoms. The Hall–Kier alpha value is -1.36. The number of aromatic nitrogens is 2. The lowest BCUT2D eigenvalue weighted by Crippen LogP contribution is -2.30. The van der Waals surface area contributed by atoms with Gasteiger partial charge in [0.2, 0.25) is 0 Å². The normalized spacial score (nSPS) is 23.1. The van der Waals surface area contributed by atoms with Crippen LogP contribution in [0.15, 0.2) is 6.33 Å². The van der Waals surface area contributed by atoms with E-state index in [9.17, 15) is 5.11 Å². The fourth-order valence-corrected chi connectivity index (χ4v) is 2.63. The third-order valence-corrected chi connectivity index (χ3v) is 3.83. The van der Waals surface area contributed by atoms with Crippen molar-refractivity contribution >= 4 is 11.6 Å². The molecule has 2 atom stereocenters. The van der Waals surface area contributed by atoms with Gasteiger partial charge in [0.1, 0.15) is 18.0 Å².